The zero-order valence-electron chi connectivity index (χ0n) is 16.4. The number of methoxy groups -OCH3 is 1. The number of hydrogen-bond donors (Lipinski definition) is 0. The SMILES string of the molecule is COC(=O)[C@H]1C[C@H]2CN(C(=O)c3cncc(C)c3)CC(=O)N2[C@H]1c1ccccc1. The summed E-state index contributed by atoms with van der Waals surface area (Å²) in [7, 11) is 1.37. The highest BCUT2D eigenvalue weighted by molar-refractivity contribution is 5.97. The Kier molecular flexibility index (Phi) is 5.05. The van der Waals surface area contributed by atoms with Crippen LogP contribution >= 0.6 is 0 Å². The Balaban J connectivity index is 1.62. The number of aromatic nitrogens is 1. The van der Waals surface area contributed by atoms with Crippen molar-refractivity contribution in [3.63, 3.8) is 0 Å². The van der Waals surface area contributed by atoms with Crippen LogP contribution in [0.25, 0.3) is 0 Å². The molecule has 0 radical (unpaired) electrons. The van der Waals surface area contributed by atoms with E-state index in [9.17, 15) is 14.4 Å². The Labute approximate surface area is 169 Å². The van der Waals surface area contributed by atoms with E-state index in [1.54, 1.807) is 22.1 Å². The zero-order chi connectivity index (χ0) is 20.5. The lowest BCUT2D eigenvalue weighted by molar-refractivity contribution is -0.147. The van der Waals surface area contributed by atoms with E-state index in [2.05, 4.69) is 4.98 Å². The van der Waals surface area contributed by atoms with Crippen LogP contribution in [0.1, 0.15) is 33.9 Å². The number of carbonyl (C=O) groups is 3. The number of fused-ring (bicyclic) bond motifs is 1. The maximum absolute atomic E-state index is 13.1. The van der Waals surface area contributed by atoms with Crippen molar-refractivity contribution in [2.45, 2.75) is 25.4 Å². The van der Waals surface area contributed by atoms with E-state index in [-0.39, 0.29) is 36.4 Å². The summed E-state index contributed by atoms with van der Waals surface area (Å²) in [6.45, 7) is 2.24. The minimum Gasteiger partial charge on any atom is -0.469 e. The molecule has 3 heterocycles. The van der Waals surface area contributed by atoms with Crippen LogP contribution in [-0.4, -0.2) is 58.8 Å². The molecule has 2 fully saturated rings. The summed E-state index contributed by atoms with van der Waals surface area (Å²) in [6, 6.07) is 10.7. The van der Waals surface area contributed by atoms with Gasteiger partial charge in [-0.1, -0.05) is 30.3 Å². The number of piperazine rings is 1. The van der Waals surface area contributed by atoms with Gasteiger partial charge in [-0.2, -0.15) is 0 Å². The van der Waals surface area contributed by atoms with Crippen molar-refractivity contribution in [1.29, 1.82) is 0 Å². The highest BCUT2D eigenvalue weighted by Crippen LogP contribution is 2.43. The first-order valence-electron chi connectivity index (χ1n) is 9.64. The Morgan fingerprint density at radius 1 is 1.17 bits per heavy atom. The van der Waals surface area contributed by atoms with E-state index in [1.165, 1.54) is 13.3 Å². The number of ether oxygens (including phenoxy) is 1. The largest absolute Gasteiger partial charge is 0.469 e. The lowest BCUT2D eigenvalue weighted by atomic mass is 9.93. The van der Waals surface area contributed by atoms with Gasteiger partial charge in [0.15, 0.2) is 0 Å². The van der Waals surface area contributed by atoms with E-state index in [1.807, 2.05) is 37.3 Å². The van der Waals surface area contributed by atoms with Gasteiger partial charge in [0.1, 0.15) is 6.54 Å². The number of esters is 1. The molecule has 7 nitrogen and oxygen atoms in total. The van der Waals surface area contributed by atoms with Crippen LogP contribution in [0.2, 0.25) is 0 Å². The van der Waals surface area contributed by atoms with Crippen molar-refractivity contribution in [3.05, 3.63) is 65.5 Å². The normalized spacial score (nSPS) is 23.7. The summed E-state index contributed by atoms with van der Waals surface area (Å²) in [5.41, 5.74) is 2.26. The molecule has 7 heteroatoms. The molecule has 2 aliphatic rings. The fourth-order valence-electron chi connectivity index (χ4n) is 4.47. The first kappa shape index (κ1) is 19.1. The second-order valence-electron chi connectivity index (χ2n) is 7.61. The maximum atomic E-state index is 13.1. The van der Waals surface area contributed by atoms with E-state index >= 15 is 0 Å². The van der Waals surface area contributed by atoms with Gasteiger partial charge in [0.2, 0.25) is 5.91 Å². The number of benzene rings is 1. The maximum Gasteiger partial charge on any atom is 0.311 e. The average molecular weight is 393 g/mol. The van der Waals surface area contributed by atoms with Gasteiger partial charge in [-0.05, 0) is 30.5 Å². The third-order valence-electron chi connectivity index (χ3n) is 5.70. The second-order valence-corrected chi connectivity index (χ2v) is 7.61. The Bertz CT molecular complexity index is 946. The molecule has 2 aliphatic heterocycles. The molecule has 0 bridgehead atoms. The summed E-state index contributed by atoms with van der Waals surface area (Å²) in [5, 5.41) is 0. The van der Waals surface area contributed by atoms with Crippen molar-refractivity contribution in [3.8, 4) is 0 Å². The quantitative estimate of drug-likeness (QED) is 0.745. The smallest absolute Gasteiger partial charge is 0.311 e. The average Bonchev–Trinajstić information content (AvgIpc) is 3.13. The van der Waals surface area contributed by atoms with Crippen molar-refractivity contribution < 1.29 is 19.1 Å². The molecule has 1 aromatic carbocycles. The van der Waals surface area contributed by atoms with Gasteiger partial charge in [0.05, 0.1) is 30.7 Å². The molecule has 2 amide bonds. The van der Waals surface area contributed by atoms with Crippen LogP contribution in [0.15, 0.2) is 48.8 Å². The van der Waals surface area contributed by atoms with Gasteiger partial charge < -0.3 is 14.5 Å². The molecule has 4 rings (SSSR count). The van der Waals surface area contributed by atoms with Crippen molar-refractivity contribution >= 4 is 17.8 Å². The lowest BCUT2D eigenvalue weighted by Gasteiger charge is -2.40. The molecular weight excluding hydrogens is 370 g/mol. The van der Waals surface area contributed by atoms with E-state index in [0.717, 1.165) is 11.1 Å². The Morgan fingerprint density at radius 3 is 2.62 bits per heavy atom. The first-order chi connectivity index (χ1) is 14.0. The summed E-state index contributed by atoms with van der Waals surface area (Å²) < 4.78 is 5.02. The first-order valence-corrected chi connectivity index (χ1v) is 9.64. The topological polar surface area (TPSA) is 79.8 Å². The highest BCUT2D eigenvalue weighted by Gasteiger charge is 2.51. The molecule has 0 spiro atoms. The Morgan fingerprint density at radius 2 is 1.93 bits per heavy atom. The molecule has 2 aromatic rings. The van der Waals surface area contributed by atoms with Crippen LogP contribution in [0.5, 0.6) is 0 Å². The fourth-order valence-corrected chi connectivity index (χ4v) is 4.47. The van der Waals surface area contributed by atoms with E-state index in [0.29, 0.717) is 18.5 Å². The van der Waals surface area contributed by atoms with Crippen LogP contribution < -0.4 is 0 Å². The number of carbonyl (C=O) groups excluding carboxylic acids is 3. The van der Waals surface area contributed by atoms with Crippen LogP contribution in [-0.2, 0) is 14.3 Å². The van der Waals surface area contributed by atoms with Gasteiger partial charge in [-0.25, -0.2) is 0 Å². The summed E-state index contributed by atoms with van der Waals surface area (Å²) in [5.74, 6) is -1.16. The molecule has 2 saturated heterocycles. The number of pyridine rings is 1. The fraction of sp³-hybridized carbons (Fsp3) is 0.364. The summed E-state index contributed by atoms with van der Waals surface area (Å²) >= 11 is 0. The van der Waals surface area contributed by atoms with E-state index in [4.69, 9.17) is 4.74 Å². The van der Waals surface area contributed by atoms with Crippen molar-refractivity contribution in [1.82, 2.24) is 14.8 Å². The number of rotatable bonds is 3. The predicted octanol–water partition coefficient (Wildman–Crippen LogP) is 1.98. The number of nitrogens with zero attached hydrogens (tertiary/aromatic N) is 3. The molecule has 29 heavy (non-hydrogen) atoms. The summed E-state index contributed by atoms with van der Waals surface area (Å²) in [4.78, 5) is 45.9. The van der Waals surface area contributed by atoms with Crippen LogP contribution in [0, 0.1) is 12.8 Å². The van der Waals surface area contributed by atoms with Gasteiger partial charge in [0.25, 0.3) is 5.91 Å². The highest BCUT2D eigenvalue weighted by atomic mass is 16.5. The minimum atomic E-state index is -0.452. The van der Waals surface area contributed by atoms with Gasteiger partial charge in [-0.3, -0.25) is 19.4 Å². The van der Waals surface area contributed by atoms with E-state index < -0.39 is 5.92 Å². The molecule has 0 N–H and O–H groups in total. The van der Waals surface area contributed by atoms with Gasteiger partial charge >= 0.3 is 5.97 Å². The number of hydrogen-bond acceptors (Lipinski definition) is 5. The second kappa shape index (κ2) is 7.66. The zero-order valence-corrected chi connectivity index (χ0v) is 16.4. The van der Waals surface area contributed by atoms with Gasteiger partial charge in [0, 0.05) is 18.9 Å². The third-order valence-corrected chi connectivity index (χ3v) is 5.70. The standard InChI is InChI=1S/C22H23N3O4/c1-14-8-16(11-23-10-14)21(27)24-12-17-9-18(22(28)29-2)20(25(17)19(26)13-24)15-6-4-3-5-7-15/h3-8,10-11,17-18,20H,9,12-13H2,1-2H3/t17-,18-,20-/m0/s1. The summed E-state index contributed by atoms with van der Waals surface area (Å²) in [6.07, 6.45) is 3.67. The molecule has 0 saturated carbocycles. The van der Waals surface area contributed by atoms with Crippen molar-refractivity contribution in [2.75, 3.05) is 20.2 Å². The predicted molar refractivity (Wildman–Crippen MR) is 105 cm³/mol. The number of aryl methyl sites for hydroxylation is 1. The molecular formula is C22H23N3O4. The molecule has 0 unspecified atom stereocenters. The van der Waals surface area contributed by atoms with Crippen LogP contribution in [0.4, 0.5) is 0 Å². The van der Waals surface area contributed by atoms with Gasteiger partial charge in [-0.15, -0.1) is 0 Å². The third kappa shape index (κ3) is 3.48. The minimum absolute atomic E-state index is 0.0134. The lowest BCUT2D eigenvalue weighted by Crippen LogP contribution is -2.55. The number of amides is 2. The van der Waals surface area contributed by atoms with Crippen molar-refractivity contribution in [2.24, 2.45) is 5.92 Å². The van der Waals surface area contributed by atoms with Crippen LogP contribution in [0.3, 0.4) is 0 Å². The molecule has 3 atom stereocenters. The molecule has 1 aromatic heterocycles. The molecule has 0 aliphatic carbocycles. The molecule has 150 valence electrons. The Hall–Kier alpha value is -3.22. The monoisotopic (exact) mass is 393 g/mol.